The highest BCUT2D eigenvalue weighted by Gasteiger charge is 2.53. The van der Waals surface area contributed by atoms with E-state index in [0.29, 0.717) is 11.4 Å². The summed E-state index contributed by atoms with van der Waals surface area (Å²) in [6, 6.07) is 7.37. The van der Waals surface area contributed by atoms with Crippen LogP contribution in [0.2, 0.25) is 5.02 Å². The first kappa shape index (κ1) is 13.5. The first-order chi connectivity index (χ1) is 9.55. The minimum absolute atomic E-state index is 0.0442. The zero-order chi connectivity index (χ0) is 14.3. The van der Waals surface area contributed by atoms with Crippen LogP contribution in [0.1, 0.15) is 25.0 Å². The van der Waals surface area contributed by atoms with Crippen LogP contribution in [0.3, 0.4) is 0 Å². The van der Waals surface area contributed by atoms with E-state index >= 15 is 0 Å². The first-order valence-corrected chi connectivity index (χ1v) is 7.02. The summed E-state index contributed by atoms with van der Waals surface area (Å²) < 4.78 is 6.12. The number of carbonyl (C=O) groups is 2. The summed E-state index contributed by atoms with van der Waals surface area (Å²) >= 11 is 6.22. The molecule has 0 saturated carbocycles. The molecule has 0 N–H and O–H groups in total. The lowest BCUT2D eigenvalue weighted by Crippen LogP contribution is -2.36. The van der Waals surface area contributed by atoms with Gasteiger partial charge in [0.05, 0.1) is 17.6 Å². The summed E-state index contributed by atoms with van der Waals surface area (Å²) in [6.07, 6.45) is 4.17. The quantitative estimate of drug-likeness (QED) is 0.786. The average Bonchev–Trinajstić information content (AvgIpc) is 2.72. The second kappa shape index (κ2) is 4.83. The standard InChI is InChI=1S/C16H15ClO3/c1-16-7-6-10(19)8-13(16)12(9-18)15(20-16)11-4-2-3-5-14(11)17/h2-7,9,12-13,15H,8H2,1H3/t12-,13-,15-,16-/m1/s1. The number of hydrogen-bond donors (Lipinski definition) is 0. The Bertz CT molecular complexity index is 595. The molecule has 0 amide bonds. The summed E-state index contributed by atoms with van der Waals surface area (Å²) in [5.74, 6) is -0.435. The van der Waals surface area contributed by atoms with E-state index in [0.717, 1.165) is 11.8 Å². The van der Waals surface area contributed by atoms with Gasteiger partial charge in [-0.2, -0.15) is 0 Å². The van der Waals surface area contributed by atoms with Gasteiger partial charge in [0.15, 0.2) is 5.78 Å². The van der Waals surface area contributed by atoms with Crippen LogP contribution in [0, 0.1) is 11.8 Å². The molecule has 3 nitrogen and oxygen atoms in total. The molecule has 1 fully saturated rings. The number of halogens is 1. The van der Waals surface area contributed by atoms with Gasteiger partial charge in [-0.1, -0.05) is 29.8 Å². The number of allylic oxidation sites excluding steroid dienone is 1. The lowest BCUT2D eigenvalue weighted by Gasteiger charge is -2.30. The Labute approximate surface area is 122 Å². The first-order valence-electron chi connectivity index (χ1n) is 6.65. The molecule has 1 aromatic carbocycles. The van der Waals surface area contributed by atoms with Gasteiger partial charge < -0.3 is 9.53 Å². The average molecular weight is 291 g/mol. The van der Waals surface area contributed by atoms with Crippen LogP contribution in [0.15, 0.2) is 36.4 Å². The van der Waals surface area contributed by atoms with Gasteiger partial charge in [0.1, 0.15) is 6.29 Å². The zero-order valence-electron chi connectivity index (χ0n) is 11.1. The van der Waals surface area contributed by atoms with Crippen LogP contribution in [-0.2, 0) is 14.3 Å². The smallest absolute Gasteiger partial charge is 0.155 e. The molecule has 1 aromatic rings. The fraction of sp³-hybridized carbons (Fsp3) is 0.375. The van der Waals surface area contributed by atoms with E-state index in [2.05, 4.69) is 0 Å². The molecule has 4 heteroatoms. The third-order valence-electron chi connectivity index (χ3n) is 4.32. The van der Waals surface area contributed by atoms with Crippen molar-refractivity contribution in [2.75, 3.05) is 0 Å². The van der Waals surface area contributed by atoms with E-state index in [9.17, 15) is 9.59 Å². The maximum atomic E-state index is 11.6. The summed E-state index contributed by atoms with van der Waals surface area (Å²) in [5.41, 5.74) is 0.228. The molecule has 0 radical (unpaired) electrons. The fourth-order valence-corrected chi connectivity index (χ4v) is 3.46. The third-order valence-corrected chi connectivity index (χ3v) is 4.67. The predicted molar refractivity (Wildman–Crippen MR) is 75.5 cm³/mol. The highest BCUT2D eigenvalue weighted by molar-refractivity contribution is 6.31. The fourth-order valence-electron chi connectivity index (χ4n) is 3.22. The number of ether oxygens (including phenoxy) is 1. The van der Waals surface area contributed by atoms with Crippen LogP contribution in [-0.4, -0.2) is 17.7 Å². The Balaban J connectivity index is 2.03. The lowest BCUT2D eigenvalue weighted by atomic mass is 9.74. The molecule has 2 aliphatic rings. The number of fused-ring (bicyclic) bond motifs is 1. The van der Waals surface area contributed by atoms with Gasteiger partial charge in [-0.25, -0.2) is 0 Å². The highest BCUT2D eigenvalue weighted by atomic mass is 35.5. The van der Waals surface area contributed by atoms with Crippen LogP contribution >= 0.6 is 11.6 Å². The molecule has 0 bridgehead atoms. The van der Waals surface area contributed by atoms with Crippen molar-refractivity contribution in [3.63, 3.8) is 0 Å². The van der Waals surface area contributed by atoms with Crippen molar-refractivity contribution >= 4 is 23.7 Å². The van der Waals surface area contributed by atoms with Gasteiger partial charge >= 0.3 is 0 Å². The Kier molecular flexibility index (Phi) is 3.27. The molecule has 1 aliphatic carbocycles. The maximum absolute atomic E-state index is 11.6. The number of carbonyl (C=O) groups excluding carboxylic acids is 2. The van der Waals surface area contributed by atoms with Crippen LogP contribution in [0.25, 0.3) is 0 Å². The van der Waals surface area contributed by atoms with E-state index in [4.69, 9.17) is 16.3 Å². The molecule has 3 rings (SSSR count). The molecule has 0 aromatic heterocycles. The normalized spacial score (nSPS) is 35.9. The van der Waals surface area contributed by atoms with Crippen molar-refractivity contribution in [2.45, 2.75) is 25.0 Å². The van der Waals surface area contributed by atoms with Crippen molar-refractivity contribution < 1.29 is 14.3 Å². The molecular weight excluding hydrogens is 276 g/mol. The Morgan fingerprint density at radius 3 is 2.85 bits per heavy atom. The number of ketones is 1. The molecule has 1 aliphatic heterocycles. The van der Waals surface area contributed by atoms with Gasteiger partial charge in [-0.05, 0) is 25.1 Å². The Hall–Kier alpha value is -1.45. The topological polar surface area (TPSA) is 43.4 Å². The van der Waals surface area contributed by atoms with Gasteiger partial charge in [0, 0.05) is 22.9 Å². The largest absolute Gasteiger partial charge is 0.362 e. The number of rotatable bonds is 2. The van der Waals surface area contributed by atoms with Gasteiger partial charge in [-0.15, -0.1) is 0 Å². The van der Waals surface area contributed by atoms with Crippen LogP contribution in [0.5, 0.6) is 0 Å². The minimum Gasteiger partial charge on any atom is -0.362 e. The number of benzene rings is 1. The van der Waals surface area contributed by atoms with Crippen molar-refractivity contribution in [1.29, 1.82) is 0 Å². The van der Waals surface area contributed by atoms with Crippen LogP contribution < -0.4 is 0 Å². The molecule has 0 unspecified atom stereocenters. The van der Waals surface area contributed by atoms with E-state index in [1.807, 2.05) is 25.1 Å². The van der Waals surface area contributed by atoms with Crippen molar-refractivity contribution in [3.8, 4) is 0 Å². The summed E-state index contributed by atoms with van der Waals surface area (Å²) in [7, 11) is 0. The second-order valence-corrected chi connectivity index (χ2v) is 5.97. The SMILES string of the molecule is C[C@@]12C=CC(=O)C[C@@H]1[C@@H](C=O)[C@@H](c1ccccc1Cl)O2. The van der Waals surface area contributed by atoms with E-state index in [1.54, 1.807) is 18.2 Å². The predicted octanol–water partition coefficient (Wildman–Crippen LogP) is 3.13. The second-order valence-electron chi connectivity index (χ2n) is 5.57. The summed E-state index contributed by atoms with van der Waals surface area (Å²) in [5, 5.41) is 0.585. The van der Waals surface area contributed by atoms with E-state index in [1.165, 1.54) is 0 Å². The van der Waals surface area contributed by atoms with E-state index in [-0.39, 0.29) is 17.6 Å². The number of hydrogen-bond acceptors (Lipinski definition) is 3. The minimum atomic E-state index is -0.580. The van der Waals surface area contributed by atoms with Gasteiger partial charge in [0.2, 0.25) is 0 Å². The molecule has 1 saturated heterocycles. The molecule has 1 heterocycles. The lowest BCUT2D eigenvalue weighted by molar-refractivity contribution is -0.118. The van der Waals surface area contributed by atoms with Crippen molar-refractivity contribution in [1.82, 2.24) is 0 Å². The zero-order valence-corrected chi connectivity index (χ0v) is 11.8. The summed E-state index contributed by atoms with van der Waals surface area (Å²) in [4.78, 5) is 23.2. The van der Waals surface area contributed by atoms with E-state index < -0.39 is 11.7 Å². The monoisotopic (exact) mass is 290 g/mol. The molecular formula is C16H15ClO3. The van der Waals surface area contributed by atoms with Gasteiger partial charge in [-0.3, -0.25) is 4.79 Å². The van der Waals surface area contributed by atoms with Crippen LogP contribution in [0.4, 0.5) is 0 Å². The van der Waals surface area contributed by atoms with Crippen molar-refractivity contribution in [2.24, 2.45) is 11.8 Å². The van der Waals surface area contributed by atoms with Crippen molar-refractivity contribution in [3.05, 3.63) is 47.0 Å². The summed E-state index contributed by atoms with van der Waals surface area (Å²) in [6.45, 7) is 1.92. The molecule has 20 heavy (non-hydrogen) atoms. The van der Waals surface area contributed by atoms with Gasteiger partial charge in [0.25, 0.3) is 0 Å². The molecule has 104 valence electrons. The third kappa shape index (κ3) is 2.02. The number of aldehydes is 1. The Morgan fingerprint density at radius 2 is 2.15 bits per heavy atom. The maximum Gasteiger partial charge on any atom is 0.155 e. The Morgan fingerprint density at radius 1 is 1.40 bits per heavy atom. The molecule has 4 atom stereocenters. The highest BCUT2D eigenvalue weighted by Crippen LogP contribution is 2.51. The molecule has 0 spiro atoms.